The van der Waals surface area contributed by atoms with Gasteiger partial charge in [-0.1, -0.05) is 12.0 Å². The Kier molecular flexibility index (Phi) is 6.05. The largest absolute Gasteiger partial charge is 0.403 e. The zero-order valence-electron chi connectivity index (χ0n) is 16.0. The number of hydrogen-bond donors (Lipinski definition) is 1. The van der Waals surface area contributed by atoms with Crippen molar-refractivity contribution >= 4 is 31.8 Å². The van der Waals surface area contributed by atoms with Crippen LogP contribution < -0.4 is 5.32 Å². The summed E-state index contributed by atoms with van der Waals surface area (Å²) in [6.45, 7) is 2.15. The fourth-order valence-corrected chi connectivity index (χ4v) is 4.78. The number of carbonyl (C=O) groups excluding carboxylic acids is 1. The third-order valence-electron chi connectivity index (χ3n) is 4.79. The molecule has 1 N–H and O–H groups in total. The number of anilines is 1. The lowest BCUT2D eigenvalue weighted by Gasteiger charge is -2.29. The van der Waals surface area contributed by atoms with Gasteiger partial charge in [-0.15, -0.1) is 5.10 Å². The highest BCUT2D eigenvalue weighted by Gasteiger charge is 2.29. The van der Waals surface area contributed by atoms with Crippen molar-refractivity contribution in [1.29, 1.82) is 0 Å². The molecule has 0 radical (unpaired) electrons. The van der Waals surface area contributed by atoms with E-state index in [4.69, 9.17) is 4.42 Å². The number of piperidine rings is 1. The molecule has 1 fully saturated rings. The van der Waals surface area contributed by atoms with Crippen LogP contribution in [0.25, 0.3) is 11.5 Å². The summed E-state index contributed by atoms with van der Waals surface area (Å²) in [6, 6.07) is 5.98. The molecular weight excluding hydrogens is 420 g/mol. The van der Waals surface area contributed by atoms with E-state index in [0.29, 0.717) is 31.5 Å². The second-order valence-electron chi connectivity index (χ2n) is 6.77. The van der Waals surface area contributed by atoms with Crippen molar-refractivity contribution in [3.05, 3.63) is 24.3 Å². The maximum atomic E-state index is 12.4. The van der Waals surface area contributed by atoms with Crippen LogP contribution in [0.3, 0.4) is 0 Å². The number of nitrogens with one attached hydrogen (secondary N) is 1. The van der Waals surface area contributed by atoms with Crippen LogP contribution >= 0.6 is 0 Å². The molecule has 2 aromatic rings. The molecule has 1 amide bonds. The molecule has 29 heavy (non-hydrogen) atoms. The highest BCUT2D eigenvalue weighted by atomic mass is 32.2. The van der Waals surface area contributed by atoms with E-state index < -0.39 is 19.9 Å². The molecule has 1 aliphatic rings. The second-order valence-corrected chi connectivity index (χ2v) is 11.0. The van der Waals surface area contributed by atoms with Crippen molar-refractivity contribution in [2.24, 2.45) is 5.92 Å². The Morgan fingerprint density at radius 2 is 1.76 bits per heavy atom. The SMILES string of the molecule is CCS(=O)(=O)c1ccc(-c2nnc(NC(=O)C3CCN(S(C)(=O)=O)CC3)o2)cc1. The number of amides is 1. The number of benzene rings is 1. The Morgan fingerprint density at radius 3 is 2.31 bits per heavy atom. The monoisotopic (exact) mass is 442 g/mol. The van der Waals surface area contributed by atoms with Crippen LogP contribution in [0.4, 0.5) is 6.01 Å². The number of carbonyl (C=O) groups is 1. The second kappa shape index (κ2) is 8.20. The van der Waals surface area contributed by atoms with E-state index in [1.807, 2.05) is 0 Å². The van der Waals surface area contributed by atoms with Gasteiger partial charge >= 0.3 is 6.01 Å². The van der Waals surface area contributed by atoms with Gasteiger partial charge in [0, 0.05) is 24.6 Å². The van der Waals surface area contributed by atoms with Gasteiger partial charge < -0.3 is 4.42 Å². The van der Waals surface area contributed by atoms with E-state index in [1.165, 1.54) is 16.4 Å². The molecule has 12 heteroatoms. The zero-order valence-corrected chi connectivity index (χ0v) is 17.7. The Morgan fingerprint density at radius 1 is 1.14 bits per heavy atom. The molecule has 2 heterocycles. The van der Waals surface area contributed by atoms with Crippen molar-refractivity contribution in [3.8, 4) is 11.5 Å². The van der Waals surface area contributed by atoms with E-state index in [-0.39, 0.29) is 34.4 Å². The predicted octanol–water partition coefficient (Wildman–Crippen LogP) is 1.14. The van der Waals surface area contributed by atoms with Gasteiger partial charge in [0.25, 0.3) is 0 Å². The smallest absolute Gasteiger partial charge is 0.322 e. The van der Waals surface area contributed by atoms with Gasteiger partial charge in [-0.2, -0.15) is 0 Å². The molecule has 0 aliphatic carbocycles. The Balaban J connectivity index is 1.63. The number of rotatable bonds is 6. The molecule has 0 unspecified atom stereocenters. The molecule has 10 nitrogen and oxygen atoms in total. The highest BCUT2D eigenvalue weighted by molar-refractivity contribution is 7.91. The Labute approximate surface area is 169 Å². The maximum absolute atomic E-state index is 12.4. The summed E-state index contributed by atoms with van der Waals surface area (Å²) in [4.78, 5) is 12.6. The van der Waals surface area contributed by atoms with Crippen molar-refractivity contribution < 1.29 is 26.0 Å². The van der Waals surface area contributed by atoms with Crippen molar-refractivity contribution in [2.45, 2.75) is 24.7 Å². The summed E-state index contributed by atoms with van der Waals surface area (Å²) < 4.78 is 53.6. The summed E-state index contributed by atoms with van der Waals surface area (Å²) >= 11 is 0. The first-order chi connectivity index (χ1) is 13.6. The quantitative estimate of drug-likeness (QED) is 0.702. The van der Waals surface area contributed by atoms with Crippen molar-refractivity contribution in [3.63, 3.8) is 0 Å². The number of sulfonamides is 1. The summed E-state index contributed by atoms with van der Waals surface area (Å²) in [5.74, 6) is -0.501. The van der Waals surface area contributed by atoms with E-state index in [9.17, 15) is 21.6 Å². The van der Waals surface area contributed by atoms with Gasteiger partial charge in [-0.3, -0.25) is 10.1 Å². The van der Waals surface area contributed by atoms with E-state index in [1.54, 1.807) is 19.1 Å². The van der Waals surface area contributed by atoms with Gasteiger partial charge in [0.15, 0.2) is 9.84 Å². The van der Waals surface area contributed by atoms with E-state index in [0.717, 1.165) is 6.26 Å². The summed E-state index contributed by atoms with van der Waals surface area (Å²) in [7, 11) is -6.55. The average Bonchev–Trinajstić information content (AvgIpc) is 3.16. The third-order valence-corrected chi connectivity index (χ3v) is 7.84. The maximum Gasteiger partial charge on any atom is 0.322 e. The molecule has 0 bridgehead atoms. The molecule has 1 aliphatic heterocycles. The van der Waals surface area contributed by atoms with Crippen molar-refractivity contribution in [1.82, 2.24) is 14.5 Å². The van der Waals surface area contributed by atoms with Gasteiger partial charge in [0.05, 0.1) is 16.9 Å². The molecule has 0 atom stereocenters. The topological polar surface area (TPSA) is 140 Å². The third kappa shape index (κ3) is 5.00. The van der Waals surface area contributed by atoms with Crippen LogP contribution in [0.5, 0.6) is 0 Å². The van der Waals surface area contributed by atoms with Crippen LogP contribution in [0.2, 0.25) is 0 Å². The first-order valence-electron chi connectivity index (χ1n) is 9.03. The van der Waals surface area contributed by atoms with Gasteiger partial charge in [-0.05, 0) is 37.1 Å². The molecule has 158 valence electrons. The molecule has 3 rings (SSSR count). The van der Waals surface area contributed by atoms with Crippen LogP contribution in [0.15, 0.2) is 33.6 Å². The first-order valence-corrected chi connectivity index (χ1v) is 12.5. The fraction of sp³-hybridized carbons (Fsp3) is 0.471. The molecular formula is C17H22N4O6S2. The van der Waals surface area contributed by atoms with E-state index in [2.05, 4.69) is 15.5 Å². The van der Waals surface area contributed by atoms with Gasteiger partial charge in [0.1, 0.15) is 0 Å². The Bertz CT molecular complexity index is 1090. The summed E-state index contributed by atoms with van der Waals surface area (Å²) in [6.07, 6.45) is 1.97. The zero-order chi connectivity index (χ0) is 21.2. The normalized spacial score (nSPS) is 16.6. The summed E-state index contributed by atoms with van der Waals surface area (Å²) in [5.41, 5.74) is 0.523. The summed E-state index contributed by atoms with van der Waals surface area (Å²) in [5, 5.41) is 10.2. The Hall–Kier alpha value is -2.31. The van der Waals surface area contributed by atoms with Gasteiger partial charge in [-0.25, -0.2) is 21.1 Å². The molecule has 0 saturated carbocycles. The number of hydrogen-bond acceptors (Lipinski definition) is 8. The standard InChI is InChI=1S/C17H22N4O6S2/c1-3-29(25,26)14-6-4-13(5-7-14)16-19-20-17(27-16)18-15(22)12-8-10-21(11-9-12)28(2,23)24/h4-7,12H,3,8-11H2,1-2H3,(H,18,20,22). The number of aromatic nitrogens is 2. The highest BCUT2D eigenvalue weighted by Crippen LogP contribution is 2.24. The van der Waals surface area contributed by atoms with Gasteiger partial charge in [0.2, 0.25) is 21.8 Å². The number of sulfone groups is 1. The van der Waals surface area contributed by atoms with Crippen LogP contribution in [-0.4, -0.2) is 62.3 Å². The number of nitrogens with zero attached hydrogens (tertiary/aromatic N) is 3. The predicted molar refractivity (Wildman–Crippen MR) is 105 cm³/mol. The minimum atomic E-state index is -3.30. The molecule has 1 aromatic heterocycles. The molecule has 1 aromatic carbocycles. The van der Waals surface area contributed by atoms with Crippen LogP contribution in [-0.2, 0) is 24.7 Å². The lowest BCUT2D eigenvalue weighted by atomic mass is 9.97. The lowest BCUT2D eigenvalue weighted by Crippen LogP contribution is -2.40. The van der Waals surface area contributed by atoms with E-state index >= 15 is 0 Å². The fourth-order valence-electron chi connectivity index (χ4n) is 3.02. The van der Waals surface area contributed by atoms with Crippen molar-refractivity contribution in [2.75, 3.05) is 30.4 Å². The first kappa shape index (κ1) is 21.4. The van der Waals surface area contributed by atoms with Crippen LogP contribution in [0, 0.1) is 5.92 Å². The minimum absolute atomic E-state index is 0.00615. The lowest BCUT2D eigenvalue weighted by molar-refractivity contribution is -0.121. The molecule has 1 saturated heterocycles. The minimum Gasteiger partial charge on any atom is -0.403 e. The molecule has 0 spiro atoms. The van der Waals surface area contributed by atoms with Crippen LogP contribution in [0.1, 0.15) is 19.8 Å². The average molecular weight is 443 g/mol.